The summed E-state index contributed by atoms with van der Waals surface area (Å²) in [5.74, 6) is 2.41. The van der Waals surface area contributed by atoms with Gasteiger partial charge in [0.1, 0.15) is 19.0 Å². The summed E-state index contributed by atoms with van der Waals surface area (Å²) >= 11 is 0. The predicted molar refractivity (Wildman–Crippen MR) is 146 cm³/mol. The molecule has 0 saturated carbocycles. The van der Waals surface area contributed by atoms with Crippen LogP contribution in [0.1, 0.15) is 29.7 Å². The highest BCUT2D eigenvalue weighted by atomic mass is 16.5. The highest BCUT2D eigenvalue weighted by molar-refractivity contribution is 5.72. The number of aliphatic hydroxyl groups is 1. The third-order valence-electron chi connectivity index (χ3n) is 6.84. The fraction of sp³-hybridized carbons (Fsp3) is 0.290. The van der Waals surface area contributed by atoms with Crippen molar-refractivity contribution < 1.29 is 14.6 Å². The maximum atomic E-state index is 9.45. The Morgan fingerprint density at radius 1 is 0.757 bits per heavy atom. The molecule has 190 valence electrons. The lowest BCUT2D eigenvalue weighted by molar-refractivity contribution is 0.203. The Morgan fingerprint density at radius 3 is 2.00 bits per heavy atom. The molecule has 1 aliphatic heterocycles. The SMILES string of the molecule is Cc1nc(N2CCC(CO)CC2)ccc1-c1ccc(OCc2ccccc2)nc1OCc1ccccc1. The van der Waals surface area contributed by atoms with Crippen molar-refractivity contribution in [1.29, 1.82) is 0 Å². The van der Waals surface area contributed by atoms with Crippen LogP contribution in [0.2, 0.25) is 0 Å². The number of benzene rings is 2. The first-order valence-corrected chi connectivity index (χ1v) is 12.9. The minimum Gasteiger partial charge on any atom is -0.473 e. The molecular weight excluding hydrogens is 462 g/mol. The van der Waals surface area contributed by atoms with Gasteiger partial charge in [0, 0.05) is 42.6 Å². The van der Waals surface area contributed by atoms with Crippen molar-refractivity contribution in [3.8, 4) is 22.9 Å². The summed E-state index contributed by atoms with van der Waals surface area (Å²) < 4.78 is 12.2. The number of ether oxygens (including phenoxy) is 2. The largest absolute Gasteiger partial charge is 0.473 e. The third kappa shape index (κ3) is 6.27. The maximum absolute atomic E-state index is 9.45. The average Bonchev–Trinajstić information content (AvgIpc) is 2.96. The van der Waals surface area contributed by atoms with Crippen LogP contribution in [0.15, 0.2) is 84.9 Å². The van der Waals surface area contributed by atoms with E-state index in [0.717, 1.165) is 59.7 Å². The Hall–Kier alpha value is -3.90. The molecule has 1 fully saturated rings. The van der Waals surface area contributed by atoms with Crippen molar-refractivity contribution in [2.45, 2.75) is 33.0 Å². The molecule has 2 aromatic heterocycles. The maximum Gasteiger partial charge on any atom is 0.225 e. The number of hydrogen-bond donors (Lipinski definition) is 1. The second-order valence-corrected chi connectivity index (χ2v) is 9.47. The van der Waals surface area contributed by atoms with Gasteiger partial charge >= 0.3 is 0 Å². The summed E-state index contributed by atoms with van der Waals surface area (Å²) in [5.41, 5.74) is 4.95. The number of aliphatic hydroxyl groups excluding tert-OH is 1. The summed E-state index contributed by atoms with van der Waals surface area (Å²) in [7, 11) is 0. The molecule has 0 unspecified atom stereocenters. The van der Waals surface area contributed by atoms with Gasteiger partial charge < -0.3 is 19.5 Å². The molecule has 6 nitrogen and oxygen atoms in total. The van der Waals surface area contributed by atoms with Gasteiger partial charge in [-0.1, -0.05) is 60.7 Å². The summed E-state index contributed by atoms with van der Waals surface area (Å²) in [6, 6.07) is 28.2. The van der Waals surface area contributed by atoms with Crippen LogP contribution in [-0.4, -0.2) is 34.8 Å². The van der Waals surface area contributed by atoms with Crippen molar-refractivity contribution in [3.63, 3.8) is 0 Å². The molecule has 0 radical (unpaired) electrons. The number of piperidine rings is 1. The minimum absolute atomic E-state index is 0.267. The number of nitrogens with zero attached hydrogens (tertiary/aromatic N) is 3. The Morgan fingerprint density at radius 2 is 1.38 bits per heavy atom. The van der Waals surface area contributed by atoms with Crippen LogP contribution in [0.3, 0.4) is 0 Å². The first-order chi connectivity index (χ1) is 18.2. The van der Waals surface area contributed by atoms with Crippen molar-refractivity contribution in [2.75, 3.05) is 24.6 Å². The zero-order valence-corrected chi connectivity index (χ0v) is 21.2. The number of anilines is 1. The molecular formula is C31H33N3O3. The fourth-order valence-corrected chi connectivity index (χ4v) is 4.63. The van der Waals surface area contributed by atoms with Crippen LogP contribution in [-0.2, 0) is 13.2 Å². The normalized spacial score (nSPS) is 13.9. The van der Waals surface area contributed by atoms with E-state index >= 15 is 0 Å². The number of hydrogen-bond acceptors (Lipinski definition) is 6. The summed E-state index contributed by atoms with van der Waals surface area (Å²) in [6.45, 7) is 4.97. The lowest BCUT2D eigenvalue weighted by Crippen LogP contribution is -2.35. The average molecular weight is 496 g/mol. The molecule has 1 N–H and O–H groups in total. The lowest BCUT2D eigenvalue weighted by atomic mass is 9.98. The molecule has 0 amide bonds. The Labute approximate surface area is 218 Å². The minimum atomic E-state index is 0.267. The molecule has 37 heavy (non-hydrogen) atoms. The first kappa shape index (κ1) is 24.8. The van der Waals surface area contributed by atoms with Crippen LogP contribution < -0.4 is 14.4 Å². The second-order valence-electron chi connectivity index (χ2n) is 9.47. The summed E-state index contributed by atoms with van der Waals surface area (Å²) in [4.78, 5) is 12.0. The molecule has 0 atom stereocenters. The Bertz CT molecular complexity index is 1290. The van der Waals surface area contributed by atoms with E-state index in [4.69, 9.17) is 19.4 Å². The van der Waals surface area contributed by atoms with Gasteiger partial charge in [-0.05, 0) is 55.0 Å². The van der Waals surface area contributed by atoms with E-state index < -0.39 is 0 Å². The highest BCUT2D eigenvalue weighted by Gasteiger charge is 2.21. The molecule has 2 aromatic carbocycles. The van der Waals surface area contributed by atoms with Crippen LogP contribution in [0.5, 0.6) is 11.8 Å². The van der Waals surface area contributed by atoms with Gasteiger partial charge in [-0.3, -0.25) is 0 Å². The quantitative estimate of drug-likeness (QED) is 0.316. The smallest absolute Gasteiger partial charge is 0.225 e. The molecule has 4 aromatic rings. The van der Waals surface area contributed by atoms with Gasteiger partial charge in [0.15, 0.2) is 0 Å². The number of pyridine rings is 2. The molecule has 5 rings (SSSR count). The zero-order chi connectivity index (χ0) is 25.5. The number of aromatic nitrogens is 2. The molecule has 0 spiro atoms. The van der Waals surface area contributed by atoms with Crippen LogP contribution >= 0.6 is 0 Å². The van der Waals surface area contributed by atoms with Gasteiger partial charge in [-0.15, -0.1) is 0 Å². The molecule has 6 heteroatoms. The van der Waals surface area contributed by atoms with Crippen molar-refractivity contribution in [3.05, 3.63) is 102 Å². The number of rotatable bonds is 9. The topological polar surface area (TPSA) is 67.7 Å². The molecule has 0 aliphatic carbocycles. The van der Waals surface area contributed by atoms with E-state index in [-0.39, 0.29) is 6.61 Å². The van der Waals surface area contributed by atoms with Gasteiger partial charge in [0.05, 0.1) is 0 Å². The van der Waals surface area contributed by atoms with E-state index in [2.05, 4.69) is 17.0 Å². The van der Waals surface area contributed by atoms with Gasteiger partial charge in [0.2, 0.25) is 11.8 Å². The number of aryl methyl sites for hydroxylation is 1. The van der Waals surface area contributed by atoms with Gasteiger partial charge in [-0.25, -0.2) is 4.98 Å². The van der Waals surface area contributed by atoms with Crippen molar-refractivity contribution in [2.24, 2.45) is 5.92 Å². The van der Waals surface area contributed by atoms with Gasteiger partial charge in [-0.2, -0.15) is 4.98 Å². The van der Waals surface area contributed by atoms with Crippen molar-refractivity contribution in [1.82, 2.24) is 9.97 Å². The Balaban J connectivity index is 1.39. The second kappa shape index (κ2) is 11.9. The summed E-state index contributed by atoms with van der Waals surface area (Å²) in [5, 5.41) is 9.45. The Kier molecular flexibility index (Phi) is 7.96. The summed E-state index contributed by atoms with van der Waals surface area (Å²) in [6.07, 6.45) is 1.98. The predicted octanol–water partition coefficient (Wildman–Crippen LogP) is 5.82. The fourth-order valence-electron chi connectivity index (χ4n) is 4.63. The van der Waals surface area contributed by atoms with Crippen LogP contribution in [0.4, 0.5) is 5.82 Å². The molecule has 1 saturated heterocycles. The van der Waals surface area contributed by atoms with Crippen molar-refractivity contribution >= 4 is 5.82 Å². The molecule has 0 bridgehead atoms. The highest BCUT2D eigenvalue weighted by Crippen LogP contribution is 2.34. The first-order valence-electron chi connectivity index (χ1n) is 12.9. The van der Waals surface area contributed by atoms with E-state index in [9.17, 15) is 5.11 Å². The third-order valence-corrected chi connectivity index (χ3v) is 6.84. The van der Waals surface area contributed by atoms with Crippen LogP contribution in [0, 0.1) is 12.8 Å². The molecule has 1 aliphatic rings. The lowest BCUT2D eigenvalue weighted by Gasteiger charge is -2.32. The van der Waals surface area contributed by atoms with E-state index in [1.165, 1.54) is 0 Å². The van der Waals surface area contributed by atoms with E-state index in [0.29, 0.717) is 30.9 Å². The van der Waals surface area contributed by atoms with E-state index in [1.807, 2.05) is 79.7 Å². The van der Waals surface area contributed by atoms with Crippen LogP contribution in [0.25, 0.3) is 11.1 Å². The molecule has 3 heterocycles. The zero-order valence-electron chi connectivity index (χ0n) is 21.2. The monoisotopic (exact) mass is 495 g/mol. The standard InChI is InChI=1S/C31H33N3O3/c1-23-27(12-14-29(32-23)34-18-16-24(20-35)17-19-34)28-13-15-30(36-21-25-8-4-2-5-9-25)33-31(28)37-22-26-10-6-3-7-11-26/h2-15,24,35H,16-22H2,1H3. The van der Waals surface area contributed by atoms with E-state index in [1.54, 1.807) is 0 Å². The van der Waals surface area contributed by atoms with Gasteiger partial charge in [0.25, 0.3) is 0 Å².